The molecule has 2 heterocycles. The summed E-state index contributed by atoms with van der Waals surface area (Å²) in [6, 6.07) is 8.20. The molecule has 0 saturated heterocycles. The Balaban J connectivity index is 1.74. The van der Waals surface area contributed by atoms with Crippen molar-refractivity contribution >= 4 is 55.8 Å². The van der Waals surface area contributed by atoms with Crippen molar-refractivity contribution < 1.29 is 18.0 Å². The van der Waals surface area contributed by atoms with Crippen LogP contribution in [0.3, 0.4) is 0 Å². The fourth-order valence-electron chi connectivity index (χ4n) is 2.62. The largest absolute Gasteiger partial charge is 0.352 e. The Labute approximate surface area is 163 Å². The van der Waals surface area contributed by atoms with E-state index in [0.717, 1.165) is 4.31 Å². The summed E-state index contributed by atoms with van der Waals surface area (Å²) >= 11 is 3.91. The Morgan fingerprint density at radius 1 is 1.28 bits per heavy atom. The average Bonchev–Trinajstić information content (AvgIpc) is 3.07. The van der Waals surface area contributed by atoms with Crippen LogP contribution < -0.4 is 5.32 Å². The van der Waals surface area contributed by atoms with Crippen LogP contribution in [0.15, 0.2) is 35.2 Å². The second-order valence-electron chi connectivity index (χ2n) is 5.40. The Morgan fingerprint density at radius 3 is 2.68 bits per heavy atom. The molecule has 0 bridgehead atoms. The molecule has 1 aromatic carbocycles. The average molecular weight is 490 g/mol. The first-order valence-corrected chi connectivity index (χ1v) is 10.9. The lowest BCUT2D eigenvalue weighted by Crippen LogP contribution is -2.29. The SMILES string of the molecule is CCN1C(=O)c2ccc(C(=O)NCCc3ccc(I)s3)cc2S1(=O)=O. The number of thiophene rings is 1. The minimum absolute atomic E-state index is 0.0665. The summed E-state index contributed by atoms with van der Waals surface area (Å²) in [4.78, 5) is 25.5. The second kappa shape index (κ2) is 7.04. The molecule has 2 aromatic rings. The predicted molar refractivity (Wildman–Crippen MR) is 103 cm³/mol. The van der Waals surface area contributed by atoms with Crippen LogP contribution in [0.5, 0.6) is 0 Å². The number of fused-ring (bicyclic) bond motifs is 1. The Kier molecular flexibility index (Phi) is 5.16. The van der Waals surface area contributed by atoms with Crippen molar-refractivity contribution in [3.63, 3.8) is 0 Å². The van der Waals surface area contributed by atoms with Gasteiger partial charge < -0.3 is 5.32 Å². The number of hydrogen-bond donors (Lipinski definition) is 1. The van der Waals surface area contributed by atoms with Gasteiger partial charge in [0.25, 0.3) is 21.8 Å². The molecule has 6 nitrogen and oxygen atoms in total. The maximum atomic E-state index is 12.4. The van der Waals surface area contributed by atoms with Gasteiger partial charge in [-0.1, -0.05) is 0 Å². The van der Waals surface area contributed by atoms with Crippen LogP contribution >= 0.6 is 33.9 Å². The van der Waals surface area contributed by atoms with E-state index in [2.05, 4.69) is 27.9 Å². The molecule has 1 aliphatic rings. The molecular weight excluding hydrogens is 475 g/mol. The number of nitrogens with zero attached hydrogens (tertiary/aromatic N) is 1. The number of carbonyl (C=O) groups is 2. The lowest BCUT2D eigenvalue weighted by atomic mass is 10.1. The molecule has 0 radical (unpaired) electrons. The van der Waals surface area contributed by atoms with Gasteiger partial charge in [-0.25, -0.2) is 12.7 Å². The molecule has 9 heteroatoms. The lowest BCUT2D eigenvalue weighted by Gasteiger charge is -2.11. The number of amides is 2. The van der Waals surface area contributed by atoms with Gasteiger partial charge in [0.05, 0.1) is 8.45 Å². The van der Waals surface area contributed by atoms with Crippen molar-refractivity contribution in [1.82, 2.24) is 9.62 Å². The van der Waals surface area contributed by atoms with Gasteiger partial charge in [-0.2, -0.15) is 0 Å². The van der Waals surface area contributed by atoms with Crippen molar-refractivity contribution in [3.05, 3.63) is 49.2 Å². The van der Waals surface area contributed by atoms with Gasteiger partial charge in [0.1, 0.15) is 4.90 Å². The molecule has 0 atom stereocenters. The molecule has 0 aliphatic carbocycles. The second-order valence-corrected chi connectivity index (χ2v) is 10.3. The van der Waals surface area contributed by atoms with E-state index < -0.39 is 15.9 Å². The Bertz CT molecular complexity index is 953. The Hall–Kier alpha value is -1.46. The molecule has 1 N–H and O–H groups in total. The van der Waals surface area contributed by atoms with E-state index in [9.17, 15) is 18.0 Å². The van der Waals surface area contributed by atoms with Crippen LogP contribution in [0.25, 0.3) is 0 Å². The highest BCUT2D eigenvalue weighted by Crippen LogP contribution is 2.30. The van der Waals surface area contributed by atoms with Crippen molar-refractivity contribution in [2.24, 2.45) is 0 Å². The number of hydrogen-bond acceptors (Lipinski definition) is 5. The van der Waals surface area contributed by atoms with E-state index in [1.54, 1.807) is 18.3 Å². The Morgan fingerprint density at radius 2 is 2.04 bits per heavy atom. The van der Waals surface area contributed by atoms with E-state index in [0.29, 0.717) is 13.0 Å². The normalized spacial score (nSPS) is 15.3. The zero-order valence-corrected chi connectivity index (χ0v) is 17.1. The van der Waals surface area contributed by atoms with Crippen LogP contribution in [0.4, 0.5) is 0 Å². The number of nitrogens with one attached hydrogen (secondary N) is 1. The zero-order chi connectivity index (χ0) is 18.2. The number of halogens is 1. The minimum Gasteiger partial charge on any atom is -0.352 e. The van der Waals surface area contributed by atoms with Crippen LogP contribution in [0.2, 0.25) is 0 Å². The van der Waals surface area contributed by atoms with Gasteiger partial charge in [-0.15, -0.1) is 11.3 Å². The third-order valence-electron chi connectivity index (χ3n) is 3.84. The maximum Gasteiger partial charge on any atom is 0.268 e. The fraction of sp³-hybridized carbons (Fsp3) is 0.250. The third-order valence-corrected chi connectivity index (χ3v) is 7.69. The van der Waals surface area contributed by atoms with Gasteiger partial charge in [0.15, 0.2) is 0 Å². The van der Waals surface area contributed by atoms with Gasteiger partial charge in [-0.3, -0.25) is 9.59 Å². The highest BCUT2D eigenvalue weighted by Gasteiger charge is 2.40. The van der Waals surface area contributed by atoms with Gasteiger partial charge in [-0.05, 0) is 66.3 Å². The lowest BCUT2D eigenvalue weighted by molar-refractivity contribution is 0.0874. The molecule has 0 saturated carbocycles. The van der Waals surface area contributed by atoms with Crippen molar-refractivity contribution in [2.45, 2.75) is 18.2 Å². The highest BCUT2D eigenvalue weighted by atomic mass is 127. The molecule has 0 unspecified atom stereocenters. The van der Waals surface area contributed by atoms with Crippen molar-refractivity contribution in [1.29, 1.82) is 0 Å². The molecule has 2 amide bonds. The van der Waals surface area contributed by atoms with E-state index in [4.69, 9.17) is 0 Å². The van der Waals surface area contributed by atoms with E-state index in [-0.39, 0.29) is 28.5 Å². The predicted octanol–water partition coefficient (Wildman–Crippen LogP) is 2.49. The summed E-state index contributed by atoms with van der Waals surface area (Å²) in [6.07, 6.45) is 0.713. The van der Waals surface area contributed by atoms with Gasteiger partial charge >= 0.3 is 0 Å². The maximum absolute atomic E-state index is 12.4. The van der Waals surface area contributed by atoms with Crippen LogP contribution in [0, 0.1) is 2.88 Å². The molecule has 0 fully saturated rings. The molecule has 132 valence electrons. The molecule has 25 heavy (non-hydrogen) atoms. The summed E-state index contributed by atoms with van der Waals surface area (Å²) in [6.45, 7) is 2.12. The third kappa shape index (κ3) is 3.44. The summed E-state index contributed by atoms with van der Waals surface area (Å²) in [5, 5.41) is 2.78. The van der Waals surface area contributed by atoms with Crippen LogP contribution in [-0.4, -0.2) is 37.6 Å². The fourth-order valence-corrected chi connectivity index (χ4v) is 5.98. The van der Waals surface area contributed by atoms with Crippen molar-refractivity contribution in [2.75, 3.05) is 13.1 Å². The number of carbonyl (C=O) groups excluding carboxylic acids is 2. The van der Waals surface area contributed by atoms with E-state index in [1.807, 2.05) is 12.1 Å². The molecule has 1 aromatic heterocycles. The minimum atomic E-state index is -3.86. The topological polar surface area (TPSA) is 83.6 Å². The number of rotatable bonds is 5. The van der Waals surface area contributed by atoms with Crippen LogP contribution in [0.1, 0.15) is 32.5 Å². The summed E-state index contributed by atoms with van der Waals surface area (Å²) < 4.78 is 26.8. The first-order chi connectivity index (χ1) is 11.8. The summed E-state index contributed by atoms with van der Waals surface area (Å²) in [5.74, 6) is -0.900. The molecule has 3 rings (SSSR count). The number of benzene rings is 1. The quantitative estimate of drug-likeness (QED) is 0.654. The monoisotopic (exact) mass is 490 g/mol. The van der Waals surface area contributed by atoms with Crippen LogP contribution in [-0.2, 0) is 16.4 Å². The number of sulfonamides is 1. The summed E-state index contributed by atoms with van der Waals surface area (Å²) in [5.41, 5.74) is 0.348. The van der Waals surface area contributed by atoms with Gasteiger partial charge in [0, 0.05) is 23.5 Å². The highest BCUT2D eigenvalue weighted by molar-refractivity contribution is 14.1. The first-order valence-electron chi connectivity index (χ1n) is 7.58. The molecular formula is C16H15IN2O4S2. The summed E-state index contributed by atoms with van der Waals surface area (Å²) in [7, 11) is -3.86. The van der Waals surface area contributed by atoms with E-state index >= 15 is 0 Å². The first kappa shape index (κ1) is 18.3. The zero-order valence-electron chi connectivity index (χ0n) is 13.3. The van der Waals surface area contributed by atoms with Gasteiger partial charge in [0.2, 0.25) is 0 Å². The standard InChI is InChI=1S/C16H15IN2O4S2/c1-2-19-16(21)12-5-3-10(9-13(12)25(19,22)23)15(20)18-8-7-11-4-6-14(17)24-11/h3-6,9H,2,7-8H2,1H3,(H,18,20). The van der Waals surface area contributed by atoms with E-state index in [1.165, 1.54) is 26.0 Å². The smallest absolute Gasteiger partial charge is 0.268 e. The van der Waals surface area contributed by atoms with Crippen molar-refractivity contribution in [3.8, 4) is 0 Å². The molecule has 0 spiro atoms. The molecule has 1 aliphatic heterocycles.